The van der Waals surface area contributed by atoms with Crippen molar-refractivity contribution in [3.8, 4) is 17.2 Å². The van der Waals surface area contributed by atoms with Crippen LogP contribution < -0.4 is 19.6 Å². The second-order valence-electron chi connectivity index (χ2n) is 7.36. The Kier molecular flexibility index (Phi) is 8.72. The van der Waals surface area contributed by atoms with Gasteiger partial charge < -0.3 is 14.2 Å². The summed E-state index contributed by atoms with van der Waals surface area (Å²) in [6.07, 6.45) is 1.53. The van der Waals surface area contributed by atoms with E-state index in [1.165, 1.54) is 13.3 Å². The molecule has 1 aliphatic rings. The molecule has 0 aromatic heterocycles. The van der Waals surface area contributed by atoms with Crippen LogP contribution in [-0.2, 0) is 11.3 Å². The minimum Gasteiger partial charge on any atom is -0.493 e. The van der Waals surface area contributed by atoms with Gasteiger partial charge in [0, 0.05) is 43.3 Å². The van der Waals surface area contributed by atoms with Crippen molar-refractivity contribution in [2.45, 2.75) is 6.54 Å². The lowest BCUT2D eigenvalue weighted by Crippen LogP contribution is -2.48. The van der Waals surface area contributed by atoms with Gasteiger partial charge in [-0.1, -0.05) is 29.8 Å². The van der Waals surface area contributed by atoms with Crippen molar-refractivity contribution in [3.63, 3.8) is 0 Å². The highest BCUT2D eigenvalue weighted by Gasteiger charge is 2.19. The minimum absolute atomic E-state index is 0.166. The second-order valence-corrected chi connectivity index (χ2v) is 7.77. The normalized spacial score (nSPS) is 15.0. The lowest BCUT2D eigenvalue weighted by atomic mass is 10.2. The van der Waals surface area contributed by atoms with Crippen LogP contribution in [0.5, 0.6) is 17.2 Å². The van der Waals surface area contributed by atoms with Gasteiger partial charge in [-0.25, -0.2) is 5.43 Å². The van der Waals surface area contributed by atoms with E-state index >= 15 is 0 Å². The first-order valence-electron chi connectivity index (χ1n) is 10.3. The molecule has 1 aliphatic heterocycles. The highest BCUT2D eigenvalue weighted by molar-refractivity contribution is 6.31. The monoisotopic (exact) mass is 460 g/mol. The molecule has 1 fully saturated rings. The minimum atomic E-state index is -0.166. The summed E-state index contributed by atoms with van der Waals surface area (Å²) in [7, 11) is 4.64. The van der Waals surface area contributed by atoms with Gasteiger partial charge in [0.25, 0.3) is 5.91 Å². The first-order valence-corrected chi connectivity index (χ1v) is 10.7. The number of carbonyl (C=O) groups is 1. The highest BCUT2D eigenvalue weighted by Crippen LogP contribution is 2.38. The smallest absolute Gasteiger partial charge is 0.254 e. The summed E-state index contributed by atoms with van der Waals surface area (Å²) < 4.78 is 16.1. The fourth-order valence-corrected chi connectivity index (χ4v) is 3.81. The molecule has 1 heterocycles. The van der Waals surface area contributed by atoms with Gasteiger partial charge in [0.1, 0.15) is 0 Å². The Morgan fingerprint density at radius 2 is 1.69 bits per heavy atom. The van der Waals surface area contributed by atoms with Crippen LogP contribution in [-0.4, -0.2) is 76.0 Å². The van der Waals surface area contributed by atoms with E-state index in [1.54, 1.807) is 26.4 Å². The number of hydrogen-bond acceptors (Lipinski definition) is 7. The Hall–Kier alpha value is -2.81. The molecule has 1 saturated heterocycles. The number of rotatable bonds is 9. The maximum atomic E-state index is 12.3. The quantitative estimate of drug-likeness (QED) is 0.458. The average Bonchev–Trinajstić information content (AvgIpc) is 2.81. The fourth-order valence-electron chi connectivity index (χ4n) is 3.61. The summed E-state index contributed by atoms with van der Waals surface area (Å²) in [6, 6.07) is 11.4. The number of halogens is 1. The van der Waals surface area contributed by atoms with Crippen molar-refractivity contribution in [2.75, 3.05) is 54.1 Å². The summed E-state index contributed by atoms with van der Waals surface area (Å²) in [5, 5.41) is 4.86. The standard InChI is InChI=1S/C23H29ClN4O4/c1-30-20-9-8-17(22(31-2)23(20)32-3)14-25-26-21(29)16-28-12-10-27(11-13-28)15-18-6-4-5-7-19(18)24/h4-9,14H,10-13,15-16H2,1-3H3,(H,26,29)/b25-14+. The van der Waals surface area contributed by atoms with Gasteiger partial charge in [0.2, 0.25) is 5.75 Å². The molecule has 0 bridgehead atoms. The molecule has 2 aromatic rings. The molecule has 0 aliphatic carbocycles. The number of carbonyl (C=O) groups excluding carboxylic acids is 1. The number of nitrogens with one attached hydrogen (secondary N) is 1. The zero-order valence-corrected chi connectivity index (χ0v) is 19.4. The van der Waals surface area contributed by atoms with E-state index in [0.29, 0.717) is 29.4 Å². The largest absolute Gasteiger partial charge is 0.493 e. The van der Waals surface area contributed by atoms with Crippen LogP contribution in [0, 0.1) is 0 Å². The molecular formula is C23H29ClN4O4. The zero-order chi connectivity index (χ0) is 22.9. The van der Waals surface area contributed by atoms with E-state index in [0.717, 1.165) is 43.3 Å². The number of methoxy groups -OCH3 is 3. The molecule has 2 aromatic carbocycles. The van der Waals surface area contributed by atoms with Gasteiger partial charge in [0.05, 0.1) is 34.1 Å². The number of nitrogens with zero attached hydrogens (tertiary/aromatic N) is 3. The zero-order valence-electron chi connectivity index (χ0n) is 18.6. The molecule has 0 radical (unpaired) electrons. The van der Waals surface area contributed by atoms with Gasteiger partial charge in [-0.15, -0.1) is 0 Å². The highest BCUT2D eigenvalue weighted by atomic mass is 35.5. The lowest BCUT2D eigenvalue weighted by Gasteiger charge is -2.34. The number of benzene rings is 2. The van der Waals surface area contributed by atoms with Crippen LogP contribution in [0.4, 0.5) is 0 Å². The van der Waals surface area contributed by atoms with E-state index in [1.807, 2.05) is 24.3 Å². The van der Waals surface area contributed by atoms with Crippen molar-refractivity contribution < 1.29 is 19.0 Å². The molecule has 0 atom stereocenters. The van der Waals surface area contributed by atoms with Crippen LogP contribution in [0.25, 0.3) is 0 Å². The Labute approximate surface area is 193 Å². The Balaban J connectivity index is 1.48. The van der Waals surface area contributed by atoms with Crippen molar-refractivity contribution in [1.82, 2.24) is 15.2 Å². The molecule has 3 rings (SSSR count). The van der Waals surface area contributed by atoms with Crippen molar-refractivity contribution in [3.05, 3.63) is 52.5 Å². The molecule has 1 N–H and O–H groups in total. The Morgan fingerprint density at radius 3 is 2.34 bits per heavy atom. The topological polar surface area (TPSA) is 75.6 Å². The number of ether oxygens (including phenoxy) is 3. The molecule has 8 nitrogen and oxygen atoms in total. The molecule has 0 saturated carbocycles. The third kappa shape index (κ3) is 6.12. The van der Waals surface area contributed by atoms with Gasteiger partial charge in [0.15, 0.2) is 11.5 Å². The number of amides is 1. The summed E-state index contributed by atoms with van der Waals surface area (Å²) in [6.45, 7) is 4.49. The summed E-state index contributed by atoms with van der Waals surface area (Å²) in [4.78, 5) is 16.8. The van der Waals surface area contributed by atoms with E-state index in [4.69, 9.17) is 25.8 Å². The third-order valence-corrected chi connectivity index (χ3v) is 5.68. The van der Waals surface area contributed by atoms with Crippen LogP contribution in [0.1, 0.15) is 11.1 Å². The van der Waals surface area contributed by atoms with Gasteiger partial charge in [-0.2, -0.15) is 5.10 Å². The first-order chi connectivity index (χ1) is 15.5. The molecule has 0 unspecified atom stereocenters. The number of piperazine rings is 1. The maximum Gasteiger partial charge on any atom is 0.254 e. The second kappa shape index (κ2) is 11.7. The fraction of sp³-hybridized carbons (Fsp3) is 0.391. The molecule has 1 amide bonds. The van der Waals surface area contributed by atoms with Crippen molar-refractivity contribution >= 4 is 23.7 Å². The van der Waals surface area contributed by atoms with E-state index < -0.39 is 0 Å². The maximum absolute atomic E-state index is 12.3. The summed E-state index contributed by atoms with van der Waals surface area (Å²) in [5.74, 6) is 1.35. The van der Waals surface area contributed by atoms with Gasteiger partial charge >= 0.3 is 0 Å². The van der Waals surface area contributed by atoms with Crippen LogP contribution >= 0.6 is 11.6 Å². The van der Waals surface area contributed by atoms with Crippen molar-refractivity contribution in [2.24, 2.45) is 5.10 Å². The van der Waals surface area contributed by atoms with E-state index in [2.05, 4.69) is 20.3 Å². The summed E-state index contributed by atoms with van der Waals surface area (Å²) >= 11 is 6.26. The molecule has 172 valence electrons. The van der Waals surface area contributed by atoms with E-state index in [9.17, 15) is 4.79 Å². The number of hydrogen-bond donors (Lipinski definition) is 1. The Morgan fingerprint density at radius 1 is 1.00 bits per heavy atom. The predicted molar refractivity (Wildman–Crippen MR) is 125 cm³/mol. The van der Waals surface area contributed by atoms with Crippen LogP contribution in [0.15, 0.2) is 41.5 Å². The van der Waals surface area contributed by atoms with Gasteiger partial charge in [-0.05, 0) is 23.8 Å². The predicted octanol–water partition coefficient (Wildman–Crippen LogP) is 2.63. The SMILES string of the molecule is COc1ccc(/C=N/NC(=O)CN2CCN(Cc3ccccc3Cl)CC2)c(OC)c1OC. The molecule has 32 heavy (non-hydrogen) atoms. The first kappa shape index (κ1) is 23.8. The number of hydrazone groups is 1. The summed E-state index contributed by atoms with van der Waals surface area (Å²) in [5.41, 5.74) is 4.38. The average molecular weight is 461 g/mol. The molecule has 9 heteroatoms. The molecular weight excluding hydrogens is 432 g/mol. The van der Waals surface area contributed by atoms with E-state index in [-0.39, 0.29) is 5.91 Å². The van der Waals surface area contributed by atoms with Gasteiger partial charge in [-0.3, -0.25) is 14.6 Å². The Bertz CT molecular complexity index is 946. The third-order valence-electron chi connectivity index (χ3n) is 5.31. The van der Waals surface area contributed by atoms with Crippen LogP contribution in [0.3, 0.4) is 0 Å². The van der Waals surface area contributed by atoms with Crippen LogP contribution in [0.2, 0.25) is 5.02 Å². The van der Waals surface area contributed by atoms with Crippen molar-refractivity contribution in [1.29, 1.82) is 0 Å². The lowest BCUT2D eigenvalue weighted by molar-refractivity contribution is -0.122. The molecule has 0 spiro atoms.